The molecule has 2 aromatic rings. The first-order valence-corrected chi connectivity index (χ1v) is 7.21. The van der Waals surface area contributed by atoms with Gasteiger partial charge in [-0.1, -0.05) is 36.4 Å². The molecule has 0 bridgehead atoms. The van der Waals surface area contributed by atoms with Crippen molar-refractivity contribution in [3.05, 3.63) is 66.0 Å². The van der Waals surface area contributed by atoms with Gasteiger partial charge in [-0.3, -0.25) is 14.6 Å². The molecule has 0 spiro atoms. The highest BCUT2D eigenvalue weighted by molar-refractivity contribution is 5.85. The second-order valence-corrected chi connectivity index (χ2v) is 4.86. The molecule has 22 heavy (non-hydrogen) atoms. The van der Waals surface area contributed by atoms with Crippen LogP contribution < -0.4 is 10.6 Å². The van der Waals surface area contributed by atoms with E-state index in [0.717, 1.165) is 11.3 Å². The van der Waals surface area contributed by atoms with Crippen LogP contribution in [0.3, 0.4) is 0 Å². The lowest BCUT2D eigenvalue weighted by Crippen LogP contribution is -2.38. The summed E-state index contributed by atoms with van der Waals surface area (Å²) in [6, 6.07) is 15.1. The van der Waals surface area contributed by atoms with Crippen molar-refractivity contribution in [1.29, 1.82) is 0 Å². The number of hydrogen-bond donors (Lipinski definition) is 2. The maximum absolute atomic E-state index is 11.7. The second-order valence-electron chi connectivity index (χ2n) is 4.86. The maximum Gasteiger partial charge on any atom is 0.239 e. The largest absolute Gasteiger partial charge is 0.354 e. The molecule has 0 saturated carbocycles. The predicted molar refractivity (Wildman–Crippen MR) is 84.1 cm³/mol. The number of nitrogens with zero attached hydrogens (tertiary/aromatic N) is 1. The van der Waals surface area contributed by atoms with Crippen LogP contribution >= 0.6 is 0 Å². The summed E-state index contributed by atoms with van der Waals surface area (Å²) < 4.78 is 0. The second kappa shape index (κ2) is 8.56. The number of hydrogen-bond acceptors (Lipinski definition) is 3. The predicted octanol–water partition coefficient (Wildman–Crippen LogP) is 1.10. The minimum atomic E-state index is -0.197. The molecular weight excluding hydrogens is 278 g/mol. The normalized spacial score (nSPS) is 10.0. The Morgan fingerprint density at radius 2 is 1.68 bits per heavy atom. The summed E-state index contributed by atoms with van der Waals surface area (Å²) in [5, 5.41) is 5.37. The molecule has 0 aliphatic heterocycles. The van der Waals surface area contributed by atoms with Gasteiger partial charge in [-0.2, -0.15) is 0 Å². The van der Waals surface area contributed by atoms with E-state index < -0.39 is 0 Å². The molecule has 0 unspecified atom stereocenters. The molecule has 0 aliphatic rings. The molecule has 5 nitrogen and oxygen atoms in total. The van der Waals surface area contributed by atoms with Crippen LogP contribution in [-0.2, 0) is 22.4 Å². The van der Waals surface area contributed by atoms with E-state index in [-0.39, 0.29) is 24.8 Å². The zero-order chi connectivity index (χ0) is 15.6. The number of carbonyl (C=O) groups excluding carboxylic acids is 2. The number of benzene rings is 1. The number of amides is 2. The molecule has 5 heteroatoms. The summed E-state index contributed by atoms with van der Waals surface area (Å²) in [5.41, 5.74) is 1.85. The summed E-state index contributed by atoms with van der Waals surface area (Å²) >= 11 is 0. The molecule has 2 amide bonds. The van der Waals surface area contributed by atoms with E-state index in [4.69, 9.17) is 0 Å². The molecule has 0 aliphatic carbocycles. The lowest BCUT2D eigenvalue weighted by molar-refractivity contribution is -0.125. The van der Waals surface area contributed by atoms with E-state index in [1.165, 1.54) is 0 Å². The van der Waals surface area contributed by atoms with Crippen molar-refractivity contribution < 1.29 is 9.59 Å². The Bertz CT molecular complexity index is 600. The first kappa shape index (κ1) is 15.7. The van der Waals surface area contributed by atoms with E-state index >= 15 is 0 Å². The average Bonchev–Trinajstić information content (AvgIpc) is 2.55. The Morgan fingerprint density at radius 3 is 2.41 bits per heavy atom. The molecule has 0 radical (unpaired) electrons. The van der Waals surface area contributed by atoms with Crippen LogP contribution in [0.5, 0.6) is 0 Å². The van der Waals surface area contributed by atoms with E-state index in [9.17, 15) is 9.59 Å². The van der Waals surface area contributed by atoms with Crippen LogP contribution in [0.4, 0.5) is 0 Å². The zero-order valence-electron chi connectivity index (χ0n) is 12.3. The lowest BCUT2D eigenvalue weighted by atomic mass is 10.1. The van der Waals surface area contributed by atoms with Crippen molar-refractivity contribution in [1.82, 2.24) is 15.6 Å². The quantitative estimate of drug-likeness (QED) is 0.804. The van der Waals surface area contributed by atoms with E-state index in [0.29, 0.717) is 13.0 Å². The molecule has 2 N–H and O–H groups in total. The van der Waals surface area contributed by atoms with Gasteiger partial charge >= 0.3 is 0 Å². The number of nitrogens with one attached hydrogen (secondary N) is 2. The van der Waals surface area contributed by atoms with Crippen LogP contribution in [0.25, 0.3) is 0 Å². The topological polar surface area (TPSA) is 71.1 Å². The van der Waals surface area contributed by atoms with Crippen molar-refractivity contribution >= 4 is 11.8 Å². The standard InChI is InChI=1S/C17H19N3O2/c21-16(12-14-6-2-1-3-7-14)20-13-17(22)19-11-9-15-8-4-5-10-18-15/h1-8,10H,9,11-13H2,(H,19,22)(H,20,21). The first-order valence-electron chi connectivity index (χ1n) is 7.21. The Kier molecular flexibility index (Phi) is 6.11. The van der Waals surface area contributed by atoms with Gasteiger partial charge in [-0.05, 0) is 17.7 Å². The van der Waals surface area contributed by atoms with Crippen molar-refractivity contribution in [2.45, 2.75) is 12.8 Å². The van der Waals surface area contributed by atoms with Gasteiger partial charge in [0.2, 0.25) is 11.8 Å². The number of aromatic nitrogens is 1. The Morgan fingerprint density at radius 1 is 0.909 bits per heavy atom. The maximum atomic E-state index is 11.7. The van der Waals surface area contributed by atoms with Gasteiger partial charge in [0.25, 0.3) is 0 Å². The van der Waals surface area contributed by atoms with Crippen LogP contribution in [0.1, 0.15) is 11.3 Å². The van der Waals surface area contributed by atoms with Gasteiger partial charge in [0.15, 0.2) is 0 Å². The fourth-order valence-electron chi connectivity index (χ4n) is 1.96. The Balaban J connectivity index is 1.62. The Labute approximate surface area is 129 Å². The lowest BCUT2D eigenvalue weighted by Gasteiger charge is -2.07. The summed E-state index contributed by atoms with van der Waals surface area (Å²) in [6.07, 6.45) is 2.67. The smallest absolute Gasteiger partial charge is 0.239 e. The van der Waals surface area contributed by atoms with Crippen molar-refractivity contribution in [2.75, 3.05) is 13.1 Å². The van der Waals surface area contributed by atoms with Gasteiger partial charge in [0.05, 0.1) is 13.0 Å². The van der Waals surface area contributed by atoms with Crippen molar-refractivity contribution in [2.24, 2.45) is 0 Å². The highest BCUT2D eigenvalue weighted by atomic mass is 16.2. The van der Waals surface area contributed by atoms with Crippen LogP contribution in [-0.4, -0.2) is 29.9 Å². The molecule has 1 aromatic heterocycles. The van der Waals surface area contributed by atoms with Gasteiger partial charge in [-0.25, -0.2) is 0 Å². The van der Waals surface area contributed by atoms with E-state index in [2.05, 4.69) is 15.6 Å². The molecule has 114 valence electrons. The number of rotatable bonds is 7. The average molecular weight is 297 g/mol. The highest BCUT2D eigenvalue weighted by Gasteiger charge is 2.06. The van der Waals surface area contributed by atoms with Crippen molar-refractivity contribution in [3.63, 3.8) is 0 Å². The van der Waals surface area contributed by atoms with Gasteiger partial charge < -0.3 is 10.6 Å². The molecule has 0 saturated heterocycles. The monoisotopic (exact) mass is 297 g/mol. The molecule has 2 rings (SSSR count). The van der Waals surface area contributed by atoms with E-state index in [1.807, 2.05) is 48.5 Å². The van der Waals surface area contributed by atoms with Gasteiger partial charge in [0.1, 0.15) is 0 Å². The number of pyridine rings is 1. The van der Waals surface area contributed by atoms with Crippen LogP contribution in [0.2, 0.25) is 0 Å². The molecular formula is C17H19N3O2. The molecule has 0 fully saturated rings. The summed E-state index contributed by atoms with van der Waals surface area (Å²) in [6.45, 7) is 0.498. The molecule has 0 atom stereocenters. The number of carbonyl (C=O) groups is 2. The Hall–Kier alpha value is -2.69. The summed E-state index contributed by atoms with van der Waals surface area (Å²) in [7, 11) is 0. The third-order valence-corrected chi connectivity index (χ3v) is 3.08. The summed E-state index contributed by atoms with van der Waals surface area (Å²) in [5.74, 6) is -0.358. The third-order valence-electron chi connectivity index (χ3n) is 3.08. The summed E-state index contributed by atoms with van der Waals surface area (Å²) in [4.78, 5) is 27.5. The van der Waals surface area contributed by atoms with Gasteiger partial charge in [-0.15, -0.1) is 0 Å². The fraction of sp³-hybridized carbons (Fsp3) is 0.235. The van der Waals surface area contributed by atoms with Crippen LogP contribution in [0, 0.1) is 0 Å². The third kappa shape index (κ3) is 5.75. The SMILES string of the molecule is O=C(CNC(=O)Cc1ccccc1)NCCc1ccccn1. The zero-order valence-corrected chi connectivity index (χ0v) is 12.3. The highest BCUT2D eigenvalue weighted by Crippen LogP contribution is 1.98. The van der Waals surface area contributed by atoms with Crippen LogP contribution in [0.15, 0.2) is 54.7 Å². The molecule has 1 aromatic carbocycles. The first-order chi connectivity index (χ1) is 10.7. The van der Waals surface area contributed by atoms with E-state index in [1.54, 1.807) is 6.20 Å². The fourth-order valence-corrected chi connectivity index (χ4v) is 1.96. The van der Waals surface area contributed by atoms with Crippen molar-refractivity contribution in [3.8, 4) is 0 Å². The minimum absolute atomic E-state index is 0.00607. The molecule has 1 heterocycles. The van der Waals surface area contributed by atoms with Gasteiger partial charge in [0, 0.05) is 24.9 Å². The minimum Gasteiger partial charge on any atom is -0.354 e.